The van der Waals surface area contributed by atoms with Crippen LogP contribution in [0.5, 0.6) is 0 Å². The molecule has 2 heterocycles. The lowest BCUT2D eigenvalue weighted by atomic mass is 9.95. The fourth-order valence-electron chi connectivity index (χ4n) is 3.50. The number of fused-ring (bicyclic) bond motifs is 1. The summed E-state index contributed by atoms with van der Waals surface area (Å²) in [7, 11) is 0. The van der Waals surface area contributed by atoms with E-state index in [1.54, 1.807) is 0 Å². The van der Waals surface area contributed by atoms with E-state index in [4.69, 9.17) is 0 Å². The van der Waals surface area contributed by atoms with Crippen LogP contribution in [-0.2, 0) is 11.3 Å². The highest BCUT2D eigenvalue weighted by Crippen LogP contribution is 2.31. The number of hydrogen-bond acceptors (Lipinski definition) is 3. The lowest BCUT2D eigenvalue weighted by Crippen LogP contribution is -2.41. The van der Waals surface area contributed by atoms with Crippen molar-refractivity contribution in [3.63, 3.8) is 0 Å². The van der Waals surface area contributed by atoms with Crippen LogP contribution in [0.2, 0.25) is 0 Å². The van der Waals surface area contributed by atoms with Gasteiger partial charge in [-0.1, -0.05) is 30.3 Å². The Bertz CT molecular complexity index is 462. The molecule has 2 N–H and O–H groups in total. The third-order valence-electron chi connectivity index (χ3n) is 4.74. The molecule has 0 saturated carbocycles. The van der Waals surface area contributed by atoms with Crippen molar-refractivity contribution < 1.29 is 4.79 Å². The summed E-state index contributed by atoms with van der Waals surface area (Å²) in [6, 6.07) is 10.6. The molecule has 1 aromatic carbocycles. The average molecular weight is 273 g/mol. The van der Waals surface area contributed by atoms with Gasteiger partial charge in [0.25, 0.3) is 0 Å². The van der Waals surface area contributed by atoms with Crippen molar-refractivity contribution in [1.29, 1.82) is 0 Å². The first-order chi connectivity index (χ1) is 9.74. The topological polar surface area (TPSA) is 44.4 Å². The molecule has 4 heteroatoms. The Morgan fingerprint density at radius 1 is 1.35 bits per heavy atom. The first-order valence-corrected chi connectivity index (χ1v) is 7.49. The molecule has 20 heavy (non-hydrogen) atoms. The number of likely N-dealkylation sites (tertiary alicyclic amines) is 1. The Kier molecular flexibility index (Phi) is 4.03. The highest BCUT2D eigenvalue weighted by Gasteiger charge is 2.41. The van der Waals surface area contributed by atoms with Crippen molar-refractivity contribution in [2.24, 2.45) is 11.8 Å². The van der Waals surface area contributed by atoms with Gasteiger partial charge in [-0.15, -0.1) is 0 Å². The van der Waals surface area contributed by atoms with E-state index >= 15 is 0 Å². The highest BCUT2D eigenvalue weighted by molar-refractivity contribution is 5.78. The summed E-state index contributed by atoms with van der Waals surface area (Å²) in [6.45, 7) is 6.67. The Balaban J connectivity index is 1.47. The number of carbonyl (C=O) groups is 1. The molecule has 2 saturated heterocycles. The molecule has 3 unspecified atom stereocenters. The summed E-state index contributed by atoms with van der Waals surface area (Å²) in [4.78, 5) is 14.4. The SMILES string of the molecule is CC1C2CNCC2CN1CC(=O)NCc1ccccc1. The lowest BCUT2D eigenvalue weighted by molar-refractivity contribution is -0.122. The fraction of sp³-hybridized carbons (Fsp3) is 0.562. The normalized spacial score (nSPS) is 29.4. The van der Waals surface area contributed by atoms with Crippen LogP contribution in [-0.4, -0.2) is 43.0 Å². The standard InChI is InChI=1S/C16H23N3O/c1-12-15-9-17-8-14(15)10-19(12)11-16(20)18-7-13-5-3-2-4-6-13/h2-6,12,14-15,17H,7-11H2,1H3,(H,18,20). The Morgan fingerprint density at radius 3 is 2.90 bits per heavy atom. The zero-order valence-electron chi connectivity index (χ0n) is 12.0. The van der Waals surface area contributed by atoms with Gasteiger partial charge in [0.1, 0.15) is 0 Å². The van der Waals surface area contributed by atoms with Crippen molar-refractivity contribution in [1.82, 2.24) is 15.5 Å². The molecule has 0 spiro atoms. The number of benzene rings is 1. The van der Waals surface area contributed by atoms with Gasteiger partial charge in [-0.2, -0.15) is 0 Å². The van der Waals surface area contributed by atoms with Crippen LogP contribution < -0.4 is 10.6 Å². The van der Waals surface area contributed by atoms with E-state index in [0.29, 0.717) is 19.1 Å². The summed E-state index contributed by atoms with van der Waals surface area (Å²) in [6.07, 6.45) is 0. The number of amides is 1. The molecule has 2 aliphatic heterocycles. The fourth-order valence-corrected chi connectivity index (χ4v) is 3.50. The van der Waals surface area contributed by atoms with Crippen LogP contribution in [0.1, 0.15) is 12.5 Å². The van der Waals surface area contributed by atoms with Gasteiger partial charge in [0.15, 0.2) is 0 Å². The van der Waals surface area contributed by atoms with Crippen LogP contribution >= 0.6 is 0 Å². The van der Waals surface area contributed by atoms with Crippen LogP contribution in [0, 0.1) is 11.8 Å². The Hall–Kier alpha value is -1.39. The van der Waals surface area contributed by atoms with E-state index < -0.39 is 0 Å². The van der Waals surface area contributed by atoms with Crippen molar-refractivity contribution in [2.45, 2.75) is 19.5 Å². The van der Waals surface area contributed by atoms with Gasteiger partial charge in [0, 0.05) is 19.1 Å². The van der Waals surface area contributed by atoms with E-state index in [1.807, 2.05) is 30.3 Å². The smallest absolute Gasteiger partial charge is 0.234 e. The van der Waals surface area contributed by atoms with Gasteiger partial charge in [-0.25, -0.2) is 0 Å². The Morgan fingerprint density at radius 2 is 2.15 bits per heavy atom. The van der Waals surface area contributed by atoms with E-state index in [0.717, 1.165) is 37.0 Å². The van der Waals surface area contributed by atoms with Gasteiger partial charge < -0.3 is 10.6 Å². The van der Waals surface area contributed by atoms with Crippen LogP contribution in [0.25, 0.3) is 0 Å². The first-order valence-electron chi connectivity index (χ1n) is 7.49. The minimum absolute atomic E-state index is 0.133. The number of hydrogen-bond donors (Lipinski definition) is 2. The van der Waals surface area contributed by atoms with Gasteiger partial charge in [-0.05, 0) is 37.4 Å². The molecule has 2 aliphatic rings. The van der Waals surface area contributed by atoms with Gasteiger partial charge in [-0.3, -0.25) is 9.69 Å². The van der Waals surface area contributed by atoms with Crippen molar-refractivity contribution in [3.8, 4) is 0 Å². The molecule has 0 radical (unpaired) electrons. The van der Waals surface area contributed by atoms with Crippen LogP contribution in [0.4, 0.5) is 0 Å². The van der Waals surface area contributed by atoms with Crippen molar-refractivity contribution >= 4 is 5.91 Å². The highest BCUT2D eigenvalue weighted by atomic mass is 16.2. The third-order valence-corrected chi connectivity index (χ3v) is 4.74. The summed E-state index contributed by atoms with van der Waals surface area (Å²) in [5.74, 6) is 1.58. The maximum absolute atomic E-state index is 12.1. The molecule has 2 fully saturated rings. The first kappa shape index (κ1) is 13.6. The second-order valence-corrected chi connectivity index (χ2v) is 6.01. The van der Waals surface area contributed by atoms with Crippen molar-refractivity contribution in [3.05, 3.63) is 35.9 Å². The van der Waals surface area contributed by atoms with Crippen molar-refractivity contribution in [2.75, 3.05) is 26.2 Å². The Labute approximate surface area is 120 Å². The summed E-state index contributed by atoms with van der Waals surface area (Å²) in [5, 5.41) is 6.46. The minimum Gasteiger partial charge on any atom is -0.351 e. The van der Waals surface area contributed by atoms with E-state index in [1.165, 1.54) is 0 Å². The largest absolute Gasteiger partial charge is 0.351 e. The van der Waals surface area contributed by atoms with Gasteiger partial charge in [0.05, 0.1) is 6.54 Å². The molecule has 1 amide bonds. The predicted molar refractivity (Wildman–Crippen MR) is 79.2 cm³/mol. The molecule has 4 nitrogen and oxygen atoms in total. The predicted octanol–water partition coefficient (Wildman–Crippen LogP) is 0.843. The maximum atomic E-state index is 12.1. The average Bonchev–Trinajstić information content (AvgIpc) is 3.02. The number of rotatable bonds is 4. The second-order valence-electron chi connectivity index (χ2n) is 6.01. The molecular weight excluding hydrogens is 250 g/mol. The lowest BCUT2D eigenvalue weighted by Gasteiger charge is -2.23. The second kappa shape index (κ2) is 5.94. The number of nitrogens with one attached hydrogen (secondary N) is 2. The van der Waals surface area contributed by atoms with E-state index in [2.05, 4.69) is 22.5 Å². The molecule has 1 aromatic rings. The summed E-state index contributed by atoms with van der Waals surface area (Å²) < 4.78 is 0. The molecule has 108 valence electrons. The number of nitrogens with zero attached hydrogens (tertiary/aromatic N) is 1. The zero-order chi connectivity index (χ0) is 13.9. The minimum atomic E-state index is 0.133. The molecule has 0 aromatic heterocycles. The number of carbonyl (C=O) groups excluding carboxylic acids is 1. The molecule has 3 atom stereocenters. The van der Waals surface area contributed by atoms with E-state index in [-0.39, 0.29) is 5.91 Å². The third kappa shape index (κ3) is 2.86. The quantitative estimate of drug-likeness (QED) is 0.854. The maximum Gasteiger partial charge on any atom is 0.234 e. The summed E-state index contributed by atoms with van der Waals surface area (Å²) >= 11 is 0. The van der Waals surface area contributed by atoms with Gasteiger partial charge >= 0.3 is 0 Å². The monoisotopic (exact) mass is 273 g/mol. The molecule has 0 bridgehead atoms. The molecule has 3 rings (SSSR count). The van der Waals surface area contributed by atoms with Gasteiger partial charge in [0.2, 0.25) is 5.91 Å². The zero-order valence-corrected chi connectivity index (χ0v) is 12.0. The van der Waals surface area contributed by atoms with E-state index in [9.17, 15) is 4.79 Å². The van der Waals surface area contributed by atoms with Crippen LogP contribution in [0.15, 0.2) is 30.3 Å². The van der Waals surface area contributed by atoms with Crippen LogP contribution in [0.3, 0.4) is 0 Å². The molecular formula is C16H23N3O. The molecule has 0 aliphatic carbocycles. The summed E-state index contributed by atoms with van der Waals surface area (Å²) in [5.41, 5.74) is 1.15.